The van der Waals surface area contributed by atoms with Crippen molar-refractivity contribution >= 4 is 29.7 Å². The summed E-state index contributed by atoms with van der Waals surface area (Å²) in [5, 5.41) is 0. The molecule has 2 aromatic rings. The fourth-order valence-corrected chi connectivity index (χ4v) is 3.89. The van der Waals surface area contributed by atoms with Crippen LogP contribution in [0.5, 0.6) is 23.0 Å². The largest absolute Gasteiger partial charge is 0.426 e. The lowest BCUT2D eigenvalue weighted by atomic mass is 10.0. The minimum atomic E-state index is -0.568. The molecule has 2 aromatic carbocycles. The summed E-state index contributed by atoms with van der Waals surface area (Å²) >= 11 is 0. The van der Waals surface area contributed by atoms with Crippen molar-refractivity contribution in [1.29, 1.82) is 0 Å². The number of hydrogen-bond acceptors (Lipinski definition) is 9. The van der Waals surface area contributed by atoms with Gasteiger partial charge in [0.05, 0.1) is 0 Å². The van der Waals surface area contributed by atoms with E-state index in [0.29, 0.717) is 6.42 Å². The number of ether oxygens (including phenoxy) is 4. The summed E-state index contributed by atoms with van der Waals surface area (Å²) in [7, 11) is 0. The summed E-state index contributed by atoms with van der Waals surface area (Å²) in [5.74, 6) is -1.78. The molecule has 2 rings (SSSR count). The molecule has 0 heterocycles. The molecule has 0 spiro atoms. The minimum absolute atomic E-state index is 0.0824. The van der Waals surface area contributed by atoms with Crippen molar-refractivity contribution < 1.29 is 42.9 Å². The van der Waals surface area contributed by atoms with E-state index in [1.807, 2.05) is 6.07 Å². The molecular weight excluding hydrogens is 492 g/mol. The van der Waals surface area contributed by atoms with Crippen LogP contribution in [-0.4, -0.2) is 29.7 Å². The smallest absolute Gasteiger partial charge is 0.308 e. The van der Waals surface area contributed by atoms with Crippen LogP contribution in [0, 0.1) is 0 Å². The van der Waals surface area contributed by atoms with Gasteiger partial charge in [0.15, 0.2) is 17.3 Å². The van der Waals surface area contributed by atoms with Crippen molar-refractivity contribution in [1.82, 2.24) is 0 Å². The SMILES string of the molecule is CC(=O)Oc1ccc(CCCCCCCCC(=O)c2c(OC(C)=O)cccc2OC(C)=O)cc1OC(C)=O. The molecule has 0 aliphatic rings. The molecule has 0 atom stereocenters. The maximum absolute atomic E-state index is 12.9. The first-order chi connectivity index (χ1) is 18.1. The van der Waals surface area contributed by atoms with Crippen LogP contribution in [-0.2, 0) is 25.6 Å². The zero-order chi connectivity index (χ0) is 28.1. The van der Waals surface area contributed by atoms with Gasteiger partial charge in [-0.1, -0.05) is 37.8 Å². The average Bonchev–Trinajstić information content (AvgIpc) is 2.81. The van der Waals surface area contributed by atoms with Crippen molar-refractivity contribution in [3.05, 3.63) is 47.5 Å². The van der Waals surface area contributed by atoms with Gasteiger partial charge in [0.2, 0.25) is 0 Å². The molecule has 9 nitrogen and oxygen atoms in total. The van der Waals surface area contributed by atoms with Crippen LogP contribution < -0.4 is 18.9 Å². The predicted octanol–water partition coefficient (Wildman–Crippen LogP) is 5.54. The highest BCUT2D eigenvalue weighted by Crippen LogP contribution is 2.31. The first kappa shape index (κ1) is 30.2. The minimum Gasteiger partial charge on any atom is -0.426 e. The van der Waals surface area contributed by atoms with E-state index in [1.54, 1.807) is 18.2 Å². The Bertz CT molecular complexity index is 1130. The number of benzene rings is 2. The van der Waals surface area contributed by atoms with Gasteiger partial charge in [-0.15, -0.1) is 0 Å². The second kappa shape index (κ2) is 15.3. The molecule has 0 aliphatic carbocycles. The molecule has 0 bridgehead atoms. The van der Waals surface area contributed by atoms with Crippen molar-refractivity contribution in [2.75, 3.05) is 0 Å². The van der Waals surface area contributed by atoms with E-state index in [9.17, 15) is 24.0 Å². The van der Waals surface area contributed by atoms with Gasteiger partial charge >= 0.3 is 23.9 Å². The van der Waals surface area contributed by atoms with E-state index in [-0.39, 0.29) is 40.8 Å². The first-order valence-corrected chi connectivity index (χ1v) is 12.6. The van der Waals surface area contributed by atoms with Gasteiger partial charge in [0.1, 0.15) is 17.1 Å². The summed E-state index contributed by atoms with van der Waals surface area (Å²) in [6, 6.07) is 9.73. The maximum Gasteiger partial charge on any atom is 0.308 e. The van der Waals surface area contributed by atoms with Crippen molar-refractivity contribution in [2.24, 2.45) is 0 Å². The molecule has 9 heteroatoms. The Morgan fingerprint density at radius 2 is 1.03 bits per heavy atom. The van der Waals surface area contributed by atoms with E-state index in [2.05, 4.69) is 0 Å². The lowest BCUT2D eigenvalue weighted by molar-refractivity contribution is -0.134. The predicted molar refractivity (Wildman–Crippen MR) is 138 cm³/mol. The summed E-state index contributed by atoms with van der Waals surface area (Å²) in [4.78, 5) is 58.4. The van der Waals surface area contributed by atoms with Gasteiger partial charge in [-0.2, -0.15) is 0 Å². The van der Waals surface area contributed by atoms with Crippen molar-refractivity contribution in [3.63, 3.8) is 0 Å². The average molecular weight is 527 g/mol. The molecule has 38 heavy (non-hydrogen) atoms. The monoisotopic (exact) mass is 526 g/mol. The van der Waals surface area contributed by atoms with Gasteiger partial charge in [-0.3, -0.25) is 24.0 Å². The van der Waals surface area contributed by atoms with Crippen LogP contribution in [0.2, 0.25) is 0 Å². The fourth-order valence-electron chi connectivity index (χ4n) is 3.89. The van der Waals surface area contributed by atoms with Gasteiger partial charge < -0.3 is 18.9 Å². The number of hydrogen-bond donors (Lipinski definition) is 0. The second-order valence-corrected chi connectivity index (χ2v) is 8.83. The van der Waals surface area contributed by atoms with Crippen LogP contribution in [0.1, 0.15) is 88.6 Å². The molecular formula is C29H34O9. The highest BCUT2D eigenvalue weighted by atomic mass is 16.6. The maximum atomic E-state index is 12.9. The summed E-state index contributed by atoms with van der Waals surface area (Å²) in [6.07, 6.45) is 6.34. The van der Waals surface area contributed by atoms with Crippen LogP contribution >= 0.6 is 0 Å². The third-order valence-corrected chi connectivity index (χ3v) is 5.41. The van der Waals surface area contributed by atoms with Crippen LogP contribution in [0.4, 0.5) is 0 Å². The number of carbonyl (C=O) groups is 5. The van der Waals surface area contributed by atoms with Gasteiger partial charge in [-0.25, -0.2) is 0 Å². The Morgan fingerprint density at radius 1 is 0.553 bits per heavy atom. The Kier molecular flexibility index (Phi) is 12.2. The lowest BCUT2D eigenvalue weighted by Gasteiger charge is -2.12. The highest BCUT2D eigenvalue weighted by molar-refractivity contribution is 6.02. The van der Waals surface area contributed by atoms with Crippen molar-refractivity contribution in [2.45, 2.75) is 79.1 Å². The number of carbonyl (C=O) groups excluding carboxylic acids is 5. The van der Waals surface area contributed by atoms with Crippen LogP contribution in [0.3, 0.4) is 0 Å². The number of unbranched alkanes of at least 4 members (excludes halogenated alkanes) is 5. The van der Waals surface area contributed by atoms with Gasteiger partial charge in [0.25, 0.3) is 0 Å². The lowest BCUT2D eigenvalue weighted by Crippen LogP contribution is -2.12. The molecule has 0 radical (unpaired) electrons. The fraction of sp³-hybridized carbons (Fsp3) is 0.414. The number of aryl methyl sites for hydroxylation is 1. The zero-order valence-corrected chi connectivity index (χ0v) is 22.3. The molecule has 0 aromatic heterocycles. The van der Waals surface area contributed by atoms with E-state index >= 15 is 0 Å². The molecule has 0 aliphatic heterocycles. The standard InChI is InChI=1S/C29H34O9/c1-19(30)35-25-17-16-23(18-28(25)38-22(4)33)12-9-7-5-6-8-10-13-24(34)29-26(36-20(2)31)14-11-15-27(29)37-21(3)32/h11,14-18H,5-10,12-13H2,1-4H3. The Labute approximate surface area is 222 Å². The molecule has 0 saturated heterocycles. The summed E-state index contributed by atoms with van der Waals surface area (Å²) < 4.78 is 20.6. The number of Topliss-reactive ketones (excluding diaryl/α,β-unsaturated/α-hetero) is 1. The quantitative estimate of drug-likeness (QED) is 0.135. The van der Waals surface area contributed by atoms with E-state index in [4.69, 9.17) is 18.9 Å². The van der Waals surface area contributed by atoms with E-state index in [1.165, 1.54) is 39.8 Å². The van der Waals surface area contributed by atoms with Gasteiger partial charge in [-0.05, 0) is 49.1 Å². The molecule has 204 valence electrons. The zero-order valence-electron chi connectivity index (χ0n) is 22.3. The summed E-state index contributed by atoms with van der Waals surface area (Å²) in [5.41, 5.74) is 1.07. The van der Waals surface area contributed by atoms with Gasteiger partial charge in [0, 0.05) is 34.1 Å². The summed E-state index contributed by atoms with van der Waals surface area (Å²) in [6.45, 7) is 5.05. The first-order valence-electron chi connectivity index (χ1n) is 12.6. The molecule has 0 unspecified atom stereocenters. The Hall–Kier alpha value is -4.01. The normalized spacial score (nSPS) is 10.4. The third-order valence-electron chi connectivity index (χ3n) is 5.41. The van der Waals surface area contributed by atoms with Crippen LogP contribution in [0.15, 0.2) is 36.4 Å². The molecule has 0 N–H and O–H groups in total. The highest BCUT2D eigenvalue weighted by Gasteiger charge is 2.20. The Morgan fingerprint density at radius 3 is 1.58 bits per heavy atom. The molecule has 0 fully saturated rings. The van der Waals surface area contributed by atoms with Crippen LogP contribution in [0.25, 0.3) is 0 Å². The topological polar surface area (TPSA) is 122 Å². The molecule has 0 saturated carbocycles. The number of esters is 4. The third kappa shape index (κ3) is 10.5. The molecule has 0 amide bonds. The van der Waals surface area contributed by atoms with Crippen molar-refractivity contribution in [3.8, 4) is 23.0 Å². The number of ketones is 1. The van der Waals surface area contributed by atoms with E-state index < -0.39 is 23.9 Å². The Balaban J connectivity index is 1.80. The van der Waals surface area contributed by atoms with E-state index in [0.717, 1.165) is 44.1 Å². The second-order valence-electron chi connectivity index (χ2n) is 8.83. The number of rotatable bonds is 14.